The van der Waals surface area contributed by atoms with Gasteiger partial charge in [-0.05, 0) is 34.7 Å². The van der Waals surface area contributed by atoms with Crippen molar-refractivity contribution in [2.75, 3.05) is 21.3 Å². The number of rotatable bonds is 7. The molecular weight excluding hydrogens is 340 g/mol. The molecule has 0 spiro atoms. The monoisotopic (exact) mass is 358 g/mol. The van der Waals surface area contributed by atoms with Gasteiger partial charge in [0.2, 0.25) is 0 Å². The van der Waals surface area contributed by atoms with Crippen molar-refractivity contribution in [2.45, 2.75) is 25.2 Å². The van der Waals surface area contributed by atoms with Crippen LogP contribution in [0.2, 0.25) is 0 Å². The largest absolute Gasteiger partial charge is 0.496 e. The number of methoxy groups -OCH3 is 3. The highest BCUT2D eigenvalue weighted by Gasteiger charge is 2.37. The molecule has 2 rings (SSSR count). The Morgan fingerprint density at radius 3 is 2.33 bits per heavy atom. The van der Waals surface area contributed by atoms with Crippen molar-refractivity contribution >= 4 is 21.9 Å². The second kappa shape index (κ2) is 6.56. The summed E-state index contributed by atoms with van der Waals surface area (Å²) in [4.78, 5) is 11.2. The molecule has 1 N–H and O–H groups in total. The fourth-order valence-corrected chi connectivity index (χ4v) is 3.50. The molecule has 1 saturated carbocycles. The van der Waals surface area contributed by atoms with Gasteiger partial charge >= 0.3 is 5.97 Å². The number of hydrogen-bond acceptors (Lipinski definition) is 4. The van der Waals surface area contributed by atoms with E-state index in [1.807, 2.05) is 0 Å². The second-order valence-corrected chi connectivity index (χ2v) is 5.88. The first-order valence-electron chi connectivity index (χ1n) is 6.73. The Balaban J connectivity index is 2.56. The second-order valence-electron chi connectivity index (χ2n) is 5.08. The van der Waals surface area contributed by atoms with E-state index < -0.39 is 5.97 Å². The van der Waals surface area contributed by atoms with Crippen molar-refractivity contribution in [3.8, 4) is 17.2 Å². The molecule has 0 aliphatic heterocycles. The van der Waals surface area contributed by atoms with Gasteiger partial charge in [-0.25, -0.2) is 0 Å². The summed E-state index contributed by atoms with van der Waals surface area (Å²) in [7, 11) is 4.68. The topological polar surface area (TPSA) is 65.0 Å². The van der Waals surface area contributed by atoms with Crippen LogP contribution in [0.4, 0.5) is 0 Å². The molecule has 1 aromatic carbocycles. The zero-order valence-electron chi connectivity index (χ0n) is 12.3. The van der Waals surface area contributed by atoms with Gasteiger partial charge in [0.15, 0.2) is 11.5 Å². The number of benzene rings is 1. The Hall–Kier alpha value is -1.43. The zero-order valence-corrected chi connectivity index (χ0v) is 13.9. The zero-order chi connectivity index (χ0) is 15.6. The molecule has 6 heteroatoms. The van der Waals surface area contributed by atoms with Gasteiger partial charge in [0, 0.05) is 17.5 Å². The minimum atomic E-state index is -0.810. The minimum Gasteiger partial charge on any atom is -0.496 e. The lowest BCUT2D eigenvalue weighted by atomic mass is 9.90. The number of halogens is 1. The number of carboxylic acid groups (broad SMARTS) is 1. The fraction of sp³-hybridized carbons (Fsp3) is 0.533. The van der Waals surface area contributed by atoms with Crippen LogP contribution in [0.3, 0.4) is 0 Å². The molecule has 1 aliphatic carbocycles. The number of carboxylic acids is 1. The molecule has 0 heterocycles. The van der Waals surface area contributed by atoms with Crippen LogP contribution in [0.5, 0.6) is 17.2 Å². The molecule has 1 atom stereocenters. The maximum Gasteiger partial charge on any atom is 0.303 e. The van der Waals surface area contributed by atoms with Crippen molar-refractivity contribution in [2.24, 2.45) is 5.92 Å². The van der Waals surface area contributed by atoms with Crippen molar-refractivity contribution in [1.82, 2.24) is 0 Å². The van der Waals surface area contributed by atoms with E-state index in [2.05, 4.69) is 15.9 Å². The Kier molecular flexibility index (Phi) is 4.98. The molecule has 0 amide bonds. The van der Waals surface area contributed by atoms with Crippen molar-refractivity contribution < 1.29 is 24.1 Å². The van der Waals surface area contributed by atoms with Crippen LogP contribution >= 0.6 is 15.9 Å². The van der Waals surface area contributed by atoms with Gasteiger partial charge in [0.1, 0.15) is 5.75 Å². The van der Waals surface area contributed by atoms with E-state index in [9.17, 15) is 9.90 Å². The average molecular weight is 359 g/mol. The summed E-state index contributed by atoms with van der Waals surface area (Å²) in [6, 6.07) is 1.75. The molecule has 0 bridgehead atoms. The molecule has 1 aromatic rings. The van der Waals surface area contributed by atoms with Crippen LogP contribution in [-0.4, -0.2) is 32.4 Å². The maximum atomic E-state index is 11.2. The van der Waals surface area contributed by atoms with E-state index in [0.717, 1.165) is 18.4 Å². The summed E-state index contributed by atoms with van der Waals surface area (Å²) in [5.41, 5.74) is 0.847. The third-order valence-electron chi connectivity index (χ3n) is 3.79. The summed E-state index contributed by atoms with van der Waals surface area (Å²) >= 11 is 3.53. The van der Waals surface area contributed by atoms with Gasteiger partial charge < -0.3 is 19.3 Å². The Bertz CT molecular complexity index is 539. The SMILES string of the molecule is COc1cc(OC)c(C(CC(=O)O)C2CC2)c(Br)c1OC. The Morgan fingerprint density at radius 2 is 1.90 bits per heavy atom. The first-order chi connectivity index (χ1) is 10.0. The van der Waals surface area contributed by atoms with Gasteiger partial charge in [-0.3, -0.25) is 4.79 Å². The molecule has 1 aliphatic rings. The van der Waals surface area contributed by atoms with Gasteiger partial charge in [-0.1, -0.05) is 0 Å². The summed E-state index contributed by atoms with van der Waals surface area (Å²) < 4.78 is 16.8. The average Bonchev–Trinajstić information content (AvgIpc) is 3.28. The first-order valence-corrected chi connectivity index (χ1v) is 7.52. The van der Waals surface area contributed by atoms with E-state index in [4.69, 9.17) is 14.2 Å². The van der Waals surface area contributed by atoms with E-state index in [1.165, 1.54) is 0 Å². The Labute approximate surface area is 132 Å². The van der Waals surface area contributed by atoms with E-state index in [-0.39, 0.29) is 12.3 Å². The van der Waals surface area contributed by atoms with Gasteiger partial charge in [0.25, 0.3) is 0 Å². The van der Waals surface area contributed by atoms with Crippen LogP contribution in [0.15, 0.2) is 10.5 Å². The van der Waals surface area contributed by atoms with Crippen LogP contribution in [0.1, 0.15) is 30.7 Å². The van der Waals surface area contributed by atoms with E-state index in [0.29, 0.717) is 27.6 Å². The number of carbonyl (C=O) groups is 1. The van der Waals surface area contributed by atoms with Gasteiger partial charge in [-0.15, -0.1) is 0 Å². The highest BCUT2D eigenvalue weighted by molar-refractivity contribution is 9.10. The molecule has 0 radical (unpaired) electrons. The van der Waals surface area contributed by atoms with Crippen molar-refractivity contribution in [1.29, 1.82) is 0 Å². The number of ether oxygens (including phenoxy) is 3. The highest BCUT2D eigenvalue weighted by Crippen LogP contribution is 2.53. The molecule has 5 nitrogen and oxygen atoms in total. The molecule has 116 valence electrons. The predicted octanol–water partition coefficient (Wildman–Crippen LogP) is 3.44. The van der Waals surface area contributed by atoms with E-state index >= 15 is 0 Å². The first kappa shape index (κ1) is 15.9. The van der Waals surface area contributed by atoms with Crippen LogP contribution < -0.4 is 14.2 Å². The smallest absolute Gasteiger partial charge is 0.303 e. The van der Waals surface area contributed by atoms with Crippen LogP contribution in [0.25, 0.3) is 0 Å². The fourth-order valence-electron chi connectivity index (χ4n) is 2.65. The lowest BCUT2D eigenvalue weighted by Gasteiger charge is -2.22. The standard InChI is InChI=1S/C15H19BrO5/c1-19-10-7-11(20-2)15(21-3)14(16)13(10)9(6-12(17)18)8-4-5-8/h7-9H,4-6H2,1-3H3,(H,17,18). The normalized spacial score (nSPS) is 15.4. The number of hydrogen-bond donors (Lipinski definition) is 1. The minimum absolute atomic E-state index is 0.0785. The van der Waals surface area contributed by atoms with Crippen LogP contribution in [-0.2, 0) is 4.79 Å². The van der Waals surface area contributed by atoms with Gasteiger partial charge in [0.05, 0.1) is 32.2 Å². The Morgan fingerprint density at radius 1 is 1.29 bits per heavy atom. The molecule has 0 aromatic heterocycles. The molecule has 21 heavy (non-hydrogen) atoms. The third kappa shape index (κ3) is 3.26. The summed E-state index contributed by atoms with van der Waals surface area (Å²) in [6.07, 6.45) is 2.17. The maximum absolute atomic E-state index is 11.2. The third-order valence-corrected chi connectivity index (χ3v) is 4.57. The summed E-state index contributed by atoms with van der Waals surface area (Å²) in [5.74, 6) is 1.21. The molecule has 0 saturated heterocycles. The summed E-state index contributed by atoms with van der Waals surface area (Å²) in [6.45, 7) is 0. The number of aliphatic carboxylic acids is 1. The predicted molar refractivity (Wildman–Crippen MR) is 81.5 cm³/mol. The molecular formula is C15H19BrO5. The van der Waals surface area contributed by atoms with Crippen molar-refractivity contribution in [3.05, 3.63) is 16.1 Å². The molecule has 1 fully saturated rings. The lowest BCUT2D eigenvalue weighted by molar-refractivity contribution is -0.137. The highest BCUT2D eigenvalue weighted by atomic mass is 79.9. The van der Waals surface area contributed by atoms with Crippen molar-refractivity contribution in [3.63, 3.8) is 0 Å². The molecule has 1 unspecified atom stereocenters. The van der Waals surface area contributed by atoms with E-state index in [1.54, 1.807) is 27.4 Å². The van der Waals surface area contributed by atoms with Gasteiger partial charge in [-0.2, -0.15) is 0 Å². The lowest BCUT2D eigenvalue weighted by Crippen LogP contribution is -2.11. The summed E-state index contributed by atoms with van der Waals surface area (Å²) in [5, 5.41) is 9.19. The van der Waals surface area contributed by atoms with Crippen LogP contribution in [0, 0.1) is 5.92 Å². The quantitative estimate of drug-likeness (QED) is 0.808.